The van der Waals surface area contributed by atoms with E-state index in [0.29, 0.717) is 6.54 Å². The number of hydrogen-bond acceptors (Lipinski definition) is 2. The number of benzene rings is 2. The summed E-state index contributed by atoms with van der Waals surface area (Å²) in [6, 6.07) is 21.1. The first-order chi connectivity index (χ1) is 11.9. The van der Waals surface area contributed by atoms with Crippen molar-refractivity contribution in [2.45, 2.75) is 31.9 Å². The Morgan fingerprint density at radius 3 is 1.88 bits per heavy atom. The van der Waals surface area contributed by atoms with Crippen molar-refractivity contribution in [3.05, 3.63) is 72.8 Å². The number of carbonyl (C=O) groups is 1. The van der Waals surface area contributed by atoms with E-state index in [9.17, 15) is 4.79 Å². The Morgan fingerprint density at radius 1 is 0.960 bits per heavy atom. The summed E-state index contributed by atoms with van der Waals surface area (Å²) in [5.41, 5.74) is 0. The molecule has 3 nitrogen and oxygen atoms in total. The predicted octanol–water partition coefficient (Wildman–Crippen LogP) is 2.62. The molecule has 4 heteroatoms. The minimum Gasteiger partial charge on any atom is -0.399 e. The van der Waals surface area contributed by atoms with Gasteiger partial charge in [-0.15, -0.1) is 0 Å². The molecule has 0 aliphatic carbocycles. The van der Waals surface area contributed by atoms with Gasteiger partial charge in [0, 0.05) is 12.6 Å². The number of rotatable bonds is 4. The van der Waals surface area contributed by atoms with Crippen LogP contribution in [0.15, 0.2) is 72.8 Å². The molecule has 0 spiro atoms. The molecule has 2 aromatic carbocycles. The van der Waals surface area contributed by atoms with Crippen LogP contribution in [0.5, 0.6) is 0 Å². The predicted molar refractivity (Wildman–Crippen MR) is 105 cm³/mol. The molecule has 1 atom stereocenters. The summed E-state index contributed by atoms with van der Waals surface area (Å²) in [6.45, 7) is 7.28. The summed E-state index contributed by atoms with van der Waals surface area (Å²) in [7, 11) is -2.56. The standard InChI is InChI=1S/C21H25NO2Si/c1-21(2,3)25(18-10-6-4-7-11-18,19-12-8-5-9-13-19)24-17-14-15-20(23)22-16-17/h4-15,17H,16H2,1-3H3,(H,22,23)/t17-/m1/s1. The number of carbonyl (C=O) groups excluding carboxylic acids is 1. The zero-order valence-electron chi connectivity index (χ0n) is 15.0. The van der Waals surface area contributed by atoms with Gasteiger partial charge in [0.1, 0.15) is 0 Å². The fourth-order valence-corrected chi connectivity index (χ4v) is 8.15. The highest BCUT2D eigenvalue weighted by atomic mass is 28.4. The quantitative estimate of drug-likeness (QED) is 0.860. The molecule has 2 aromatic rings. The highest BCUT2D eigenvalue weighted by molar-refractivity contribution is 6.99. The van der Waals surface area contributed by atoms with Gasteiger partial charge in [0.2, 0.25) is 5.91 Å². The zero-order valence-corrected chi connectivity index (χ0v) is 16.0. The van der Waals surface area contributed by atoms with Crippen LogP contribution in [0.25, 0.3) is 0 Å². The van der Waals surface area contributed by atoms with E-state index in [-0.39, 0.29) is 17.0 Å². The molecule has 1 heterocycles. The van der Waals surface area contributed by atoms with Crippen LogP contribution in [0.4, 0.5) is 0 Å². The Labute approximate surface area is 150 Å². The Morgan fingerprint density at radius 2 is 1.48 bits per heavy atom. The maximum Gasteiger partial charge on any atom is 0.261 e. The fraction of sp³-hybridized carbons (Fsp3) is 0.286. The summed E-state index contributed by atoms with van der Waals surface area (Å²) in [5, 5.41) is 5.31. The van der Waals surface area contributed by atoms with Gasteiger partial charge in [-0.2, -0.15) is 0 Å². The Kier molecular flexibility index (Phi) is 4.93. The first-order valence-corrected chi connectivity index (χ1v) is 10.6. The van der Waals surface area contributed by atoms with Crippen LogP contribution in [0.1, 0.15) is 20.8 Å². The van der Waals surface area contributed by atoms with Crippen LogP contribution >= 0.6 is 0 Å². The van der Waals surface area contributed by atoms with Gasteiger partial charge in [-0.25, -0.2) is 0 Å². The van der Waals surface area contributed by atoms with Crippen LogP contribution < -0.4 is 15.7 Å². The Balaban J connectivity index is 2.15. The molecule has 1 aliphatic heterocycles. The summed E-state index contributed by atoms with van der Waals surface area (Å²) < 4.78 is 6.90. The van der Waals surface area contributed by atoms with Crippen LogP contribution in [0, 0.1) is 0 Å². The number of amides is 1. The van der Waals surface area contributed by atoms with Gasteiger partial charge in [0.15, 0.2) is 0 Å². The summed E-state index contributed by atoms with van der Waals surface area (Å²) >= 11 is 0. The third-order valence-corrected chi connectivity index (χ3v) is 9.75. The van der Waals surface area contributed by atoms with Crippen LogP contribution in [0.2, 0.25) is 5.04 Å². The van der Waals surface area contributed by atoms with Gasteiger partial charge in [0.05, 0.1) is 6.10 Å². The van der Waals surface area contributed by atoms with Crippen molar-refractivity contribution < 1.29 is 9.22 Å². The van der Waals surface area contributed by atoms with Gasteiger partial charge in [0.25, 0.3) is 8.32 Å². The van der Waals surface area contributed by atoms with Crippen LogP contribution in [-0.2, 0) is 9.22 Å². The van der Waals surface area contributed by atoms with E-state index in [1.807, 2.05) is 18.2 Å². The molecule has 130 valence electrons. The largest absolute Gasteiger partial charge is 0.399 e. The summed E-state index contributed by atoms with van der Waals surface area (Å²) in [5.74, 6) is -0.0534. The molecule has 0 unspecified atom stereocenters. The molecular formula is C21H25NO2Si. The third kappa shape index (κ3) is 3.46. The third-order valence-electron chi connectivity index (χ3n) is 4.68. The van der Waals surface area contributed by atoms with Crippen molar-refractivity contribution >= 4 is 24.6 Å². The Bertz CT molecular complexity index is 711. The lowest BCUT2D eigenvalue weighted by molar-refractivity contribution is -0.117. The van der Waals surface area contributed by atoms with Crippen molar-refractivity contribution in [2.75, 3.05) is 6.54 Å². The highest BCUT2D eigenvalue weighted by Crippen LogP contribution is 2.37. The summed E-state index contributed by atoms with van der Waals surface area (Å²) in [6.07, 6.45) is 3.34. The lowest BCUT2D eigenvalue weighted by Crippen LogP contribution is -2.68. The number of nitrogens with one attached hydrogen (secondary N) is 1. The average molecular weight is 352 g/mol. The molecular weight excluding hydrogens is 326 g/mol. The van der Waals surface area contributed by atoms with E-state index in [1.54, 1.807) is 6.08 Å². The number of hydrogen-bond donors (Lipinski definition) is 1. The van der Waals surface area contributed by atoms with Crippen molar-refractivity contribution in [3.63, 3.8) is 0 Å². The SMILES string of the molecule is CC(C)(C)[Si](O[C@@H]1C=CC(=O)NC1)(c1ccccc1)c1ccccc1. The van der Waals surface area contributed by atoms with E-state index in [2.05, 4.69) is 74.6 Å². The molecule has 0 bridgehead atoms. The molecule has 0 saturated carbocycles. The van der Waals surface area contributed by atoms with Gasteiger partial charge in [-0.05, 0) is 21.5 Å². The maximum atomic E-state index is 11.5. The van der Waals surface area contributed by atoms with E-state index in [0.717, 1.165) is 0 Å². The van der Waals surface area contributed by atoms with Crippen molar-refractivity contribution in [2.24, 2.45) is 0 Å². The lowest BCUT2D eigenvalue weighted by atomic mass is 10.2. The molecule has 25 heavy (non-hydrogen) atoms. The van der Waals surface area contributed by atoms with Crippen LogP contribution in [0.3, 0.4) is 0 Å². The van der Waals surface area contributed by atoms with E-state index in [1.165, 1.54) is 10.4 Å². The normalized spacial score (nSPS) is 18.0. The lowest BCUT2D eigenvalue weighted by Gasteiger charge is -2.45. The second-order valence-electron chi connectivity index (χ2n) is 7.42. The zero-order chi connectivity index (χ0) is 17.9. The van der Waals surface area contributed by atoms with E-state index in [4.69, 9.17) is 4.43 Å². The highest BCUT2D eigenvalue weighted by Gasteiger charge is 2.51. The van der Waals surface area contributed by atoms with E-state index >= 15 is 0 Å². The first kappa shape index (κ1) is 17.6. The minimum atomic E-state index is -2.56. The van der Waals surface area contributed by atoms with Crippen molar-refractivity contribution in [1.82, 2.24) is 5.32 Å². The average Bonchev–Trinajstić information content (AvgIpc) is 2.62. The maximum absolute atomic E-state index is 11.5. The van der Waals surface area contributed by atoms with Crippen LogP contribution in [-0.4, -0.2) is 26.9 Å². The molecule has 1 amide bonds. The molecule has 1 aliphatic rings. The first-order valence-electron chi connectivity index (χ1n) is 8.68. The fourth-order valence-electron chi connectivity index (χ4n) is 3.52. The van der Waals surface area contributed by atoms with Gasteiger partial charge < -0.3 is 9.74 Å². The monoisotopic (exact) mass is 351 g/mol. The molecule has 0 aromatic heterocycles. The van der Waals surface area contributed by atoms with Crippen molar-refractivity contribution in [1.29, 1.82) is 0 Å². The van der Waals surface area contributed by atoms with Gasteiger partial charge in [-0.1, -0.05) is 81.4 Å². The van der Waals surface area contributed by atoms with E-state index < -0.39 is 8.32 Å². The van der Waals surface area contributed by atoms with Crippen molar-refractivity contribution in [3.8, 4) is 0 Å². The molecule has 0 saturated heterocycles. The second-order valence-corrected chi connectivity index (χ2v) is 11.7. The smallest absolute Gasteiger partial charge is 0.261 e. The molecule has 3 rings (SSSR count). The molecule has 0 fully saturated rings. The van der Waals surface area contributed by atoms with Gasteiger partial charge in [-0.3, -0.25) is 4.79 Å². The van der Waals surface area contributed by atoms with Gasteiger partial charge >= 0.3 is 0 Å². The molecule has 0 radical (unpaired) electrons. The Hall–Kier alpha value is -2.17. The topological polar surface area (TPSA) is 38.3 Å². The second kappa shape index (κ2) is 6.98. The minimum absolute atomic E-state index is 0.0534. The summed E-state index contributed by atoms with van der Waals surface area (Å²) in [4.78, 5) is 11.5. The molecule has 1 N–H and O–H groups in total.